The predicted molar refractivity (Wildman–Crippen MR) is 82.9 cm³/mol. The van der Waals surface area contributed by atoms with E-state index in [9.17, 15) is 9.59 Å². The van der Waals surface area contributed by atoms with Crippen LogP contribution in [0.2, 0.25) is 0 Å². The van der Waals surface area contributed by atoms with Crippen molar-refractivity contribution in [1.82, 2.24) is 5.32 Å². The van der Waals surface area contributed by atoms with Gasteiger partial charge in [-0.15, -0.1) is 11.3 Å². The largest absolute Gasteiger partial charge is 0.397 e. The van der Waals surface area contributed by atoms with E-state index in [2.05, 4.69) is 5.32 Å². The Morgan fingerprint density at radius 1 is 1.38 bits per heavy atom. The normalized spacial score (nSPS) is 16.0. The first kappa shape index (κ1) is 15.6. The lowest BCUT2D eigenvalue weighted by atomic mass is 10.1. The maximum absolute atomic E-state index is 11.8. The summed E-state index contributed by atoms with van der Waals surface area (Å²) >= 11 is 1.21. The molecule has 8 heteroatoms. The number of nitrogens with one attached hydrogen (secondary N) is 1. The molecule has 2 rings (SSSR count). The van der Waals surface area contributed by atoms with Crippen molar-refractivity contribution in [3.05, 3.63) is 10.4 Å². The number of piperidine rings is 1. The first-order valence-electron chi connectivity index (χ1n) is 6.71. The van der Waals surface area contributed by atoms with Crippen LogP contribution >= 0.6 is 11.3 Å². The minimum Gasteiger partial charge on any atom is -0.397 e. The number of nitrogens with two attached hydrogens (primary N) is 2. The van der Waals surface area contributed by atoms with Crippen LogP contribution in [0.3, 0.4) is 0 Å². The van der Waals surface area contributed by atoms with Gasteiger partial charge in [-0.2, -0.15) is 0 Å². The molecule has 7 nitrogen and oxygen atoms in total. The summed E-state index contributed by atoms with van der Waals surface area (Å²) in [5.74, 6) is -0.916. The summed E-state index contributed by atoms with van der Waals surface area (Å²) in [7, 11) is 3.22. The van der Waals surface area contributed by atoms with E-state index >= 15 is 0 Å². The Bertz CT molecular complexity index is 550. The molecule has 0 atom stereocenters. The molecule has 116 valence electrons. The van der Waals surface area contributed by atoms with E-state index in [1.54, 1.807) is 7.11 Å². The molecular formula is C13H20N4O3S. The smallest absolute Gasteiger partial charge is 0.263 e. The van der Waals surface area contributed by atoms with Gasteiger partial charge in [-0.3, -0.25) is 9.59 Å². The molecule has 2 heterocycles. The molecule has 0 spiro atoms. The monoisotopic (exact) mass is 312 g/mol. The van der Waals surface area contributed by atoms with Gasteiger partial charge in [-0.05, 0) is 12.8 Å². The maximum Gasteiger partial charge on any atom is 0.263 e. The van der Waals surface area contributed by atoms with Gasteiger partial charge in [0.2, 0.25) is 0 Å². The highest BCUT2D eigenvalue weighted by Crippen LogP contribution is 2.39. The van der Waals surface area contributed by atoms with Crippen molar-refractivity contribution < 1.29 is 14.3 Å². The highest BCUT2D eigenvalue weighted by molar-refractivity contribution is 7.19. The molecule has 0 bridgehead atoms. The predicted octanol–water partition coefficient (Wildman–Crippen LogP) is 0.404. The molecule has 1 fully saturated rings. The molecule has 1 saturated heterocycles. The molecular weight excluding hydrogens is 292 g/mol. The van der Waals surface area contributed by atoms with Crippen LogP contribution in [0, 0.1) is 0 Å². The zero-order valence-electron chi connectivity index (χ0n) is 12.1. The molecule has 0 saturated carbocycles. The van der Waals surface area contributed by atoms with E-state index in [4.69, 9.17) is 16.2 Å². The van der Waals surface area contributed by atoms with Gasteiger partial charge in [-0.25, -0.2) is 0 Å². The first-order valence-corrected chi connectivity index (χ1v) is 7.53. The summed E-state index contributed by atoms with van der Waals surface area (Å²) in [6.45, 7) is 1.48. The van der Waals surface area contributed by atoms with Gasteiger partial charge in [0.1, 0.15) is 9.88 Å². The van der Waals surface area contributed by atoms with Crippen molar-refractivity contribution >= 4 is 33.8 Å². The minimum absolute atomic E-state index is 0.163. The summed E-state index contributed by atoms with van der Waals surface area (Å²) in [5, 5.41) is 3.20. The lowest BCUT2D eigenvalue weighted by Crippen LogP contribution is -2.37. The lowest BCUT2D eigenvalue weighted by Gasteiger charge is -2.32. The number of methoxy groups -OCH3 is 1. The minimum atomic E-state index is -0.609. The van der Waals surface area contributed by atoms with Crippen LogP contribution in [-0.4, -0.2) is 45.2 Å². The molecule has 0 aromatic carbocycles. The third kappa shape index (κ3) is 2.96. The second-order valence-corrected chi connectivity index (χ2v) is 5.89. The maximum atomic E-state index is 11.8. The summed E-state index contributed by atoms with van der Waals surface area (Å²) in [6, 6.07) is 0. The molecule has 1 aromatic heterocycles. The van der Waals surface area contributed by atoms with Gasteiger partial charge in [0.05, 0.1) is 17.4 Å². The van der Waals surface area contributed by atoms with Gasteiger partial charge < -0.3 is 26.4 Å². The molecule has 0 aliphatic carbocycles. The third-order valence-electron chi connectivity index (χ3n) is 3.67. The Kier molecular flexibility index (Phi) is 4.69. The summed E-state index contributed by atoms with van der Waals surface area (Å²) in [4.78, 5) is 25.9. The van der Waals surface area contributed by atoms with E-state index in [-0.39, 0.29) is 23.3 Å². The fourth-order valence-corrected chi connectivity index (χ4v) is 3.69. The van der Waals surface area contributed by atoms with Gasteiger partial charge in [0.25, 0.3) is 11.8 Å². The van der Waals surface area contributed by atoms with Crippen LogP contribution < -0.4 is 21.7 Å². The second-order valence-electron chi connectivity index (χ2n) is 4.89. The lowest BCUT2D eigenvalue weighted by molar-refractivity contribution is 0.0819. The number of hydrogen-bond acceptors (Lipinski definition) is 6. The average Bonchev–Trinajstić information content (AvgIpc) is 2.84. The van der Waals surface area contributed by atoms with Crippen molar-refractivity contribution in [1.29, 1.82) is 0 Å². The number of amides is 2. The fourth-order valence-electron chi connectivity index (χ4n) is 2.47. The van der Waals surface area contributed by atoms with Crippen molar-refractivity contribution in [2.45, 2.75) is 18.9 Å². The quantitative estimate of drug-likeness (QED) is 0.745. The summed E-state index contributed by atoms with van der Waals surface area (Å²) in [6.07, 6.45) is 1.96. The topological polar surface area (TPSA) is 111 Å². The number of nitrogen functional groups attached to an aromatic ring is 1. The van der Waals surface area contributed by atoms with Crippen LogP contribution in [0.4, 0.5) is 10.7 Å². The van der Waals surface area contributed by atoms with Crippen molar-refractivity contribution in [3.63, 3.8) is 0 Å². The van der Waals surface area contributed by atoms with Gasteiger partial charge in [-0.1, -0.05) is 0 Å². The van der Waals surface area contributed by atoms with Crippen molar-refractivity contribution in [3.8, 4) is 0 Å². The number of primary amides is 1. The van der Waals surface area contributed by atoms with Gasteiger partial charge in [0, 0.05) is 27.2 Å². The van der Waals surface area contributed by atoms with Crippen LogP contribution in [0.5, 0.6) is 0 Å². The molecule has 1 aliphatic heterocycles. The Morgan fingerprint density at radius 2 is 2.00 bits per heavy atom. The molecule has 21 heavy (non-hydrogen) atoms. The van der Waals surface area contributed by atoms with Crippen LogP contribution in [0.1, 0.15) is 32.9 Å². The van der Waals surface area contributed by atoms with Crippen LogP contribution in [0.15, 0.2) is 0 Å². The standard InChI is InChI=1S/C13H20N4O3S/c1-16-12(19)10-9(14)8(11(15)18)13(21-10)17-5-3-7(20-2)4-6-17/h7H,3-6,14H2,1-2H3,(H2,15,18)(H,16,19). The summed E-state index contributed by atoms with van der Waals surface area (Å²) < 4.78 is 5.33. The summed E-state index contributed by atoms with van der Waals surface area (Å²) in [5.41, 5.74) is 11.8. The highest BCUT2D eigenvalue weighted by Gasteiger charge is 2.29. The Hall–Kier alpha value is -1.80. The molecule has 5 N–H and O–H groups in total. The second kappa shape index (κ2) is 6.31. The van der Waals surface area contributed by atoms with Crippen molar-refractivity contribution in [2.24, 2.45) is 5.73 Å². The molecule has 1 aromatic rings. The first-order chi connectivity index (χ1) is 9.99. The third-order valence-corrected chi connectivity index (χ3v) is 4.93. The molecule has 2 amide bonds. The number of ether oxygens (including phenoxy) is 1. The number of hydrogen-bond donors (Lipinski definition) is 3. The van der Waals surface area contributed by atoms with Gasteiger partial charge in [0.15, 0.2) is 0 Å². The van der Waals surface area contributed by atoms with E-state index in [1.807, 2.05) is 4.90 Å². The molecule has 0 unspecified atom stereocenters. The Balaban J connectivity index is 2.34. The number of anilines is 2. The van der Waals surface area contributed by atoms with Crippen molar-refractivity contribution in [2.75, 3.05) is 37.9 Å². The zero-order chi connectivity index (χ0) is 15.6. The Morgan fingerprint density at radius 3 is 2.48 bits per heavy atom. The van der Waals surface area contributed by atoms with E-state index in [1.165, 1.54) is 18.4 Å². The number of carbonyl (C=O) groups excluding carboxylic acids is 2. The zero-order valence-corrected chi connectivity index (χ0v) is 13.0. The molecule has 1 aliphatic rings. The number of nitrogens with zero attached hydrogens (tertiary/aromatic N) is 1. The van der Waals surface area contributed by atoms with E-state index < -0.39 is 5.91 Å². The van der Waals surface area contributed by atoms with Gasteiger partial charge >= 0.3 is 0 Å². The van der Waals surface area contributed by atoms with E-state index in [0.717, 1.165) is 25.9 Å². The van der Waals surface area contributed by atoms with E-state index in [0.29, 0.717) is 9.88 Å². The average molecular weight is 312 g/mol. The SMILES string of the molecule is CNC(=O)c1sc(N2CCC(OC)CC2)c(C(N)=O)c1N. The number of thiophene rings is 1. The molecule has 0 radical (unpaired) electrons. The number of carbonyl (C=O) groups is 2. The Labute approximate surface area is 127 Å². The number of rotatable bonds is 4. The highest BCUT2D eigenvalue weighted by atomic mass is 32.1. The van der Waals surface area contributed by atoms with Crippen LogP contribution in [0.25, 0.3) is 0 Å². The van der Waals surface area contributed by atoms with Crippen LogP contribution in [-0.2, 0) is 4.74 Å². The fraction of sp³-hybridized carbons (Fsp3) is 0.538.